The Bertz CT molecular complexity index is 770. The Labute approximate surface area is 149 Å². The maximum atomic E-state index is 6.25. The zero-order valence-corrected chi connectivity index (χ0v) is 15.5. The number of anilines is 1. The third kappa shape index (κ3) is 3.25. The molecule has 25 heavy (non-hydrogen) atoms. The number of ether oxygens (including phenoxy) is 1. The summed E-state index contributed by atoms with van der Waals surface area (Å²) in [6.45, 7) is 10.3. The van der Waals surface area contributed by atoms with Gasteiger partial charge in [0.15, 0.2) is 5.82 Å². The Morgan fingerprint density at radius 3 is 2.44 bits per heavy atom. The highest BCUT2D eigenvalue weighted by atomic mass is 16.5. The molecule has 0 saturated carbocycles. The van der Waals surface area contributed by atoms with Gasteiger partial charge in [-0.15, -0.1) is 0 Å². The van der Waals surface area contributed by atoms with Gasteiger partial charge in [-0.3, -0.25) is 4.98 Å². The fraction of sp³-hybridized carbons (Fsp3) is 0.550. The van der Waals surface area contributed by atoms with Gasteiger partial charge in [0, 0.05) is 30.5 Å². The highest BCUT2D eigenvalue weighted by Gasteiger charge is 2.40. The molecular formula is C20H26N4O. The molecule has 1 fully saturated rings. The van der Waals surface area contributed by atoms with Crippen LogP contribution < -0.4 is 4.90 Å². The van der Waals surface area contributed by atoms with Crippen molar-refractivity contribution in [3.63, 3.8) is 0 Å². The van der Waals surface area contributed by atoms with Crippen molar-refractivity contribution in [2.45, 2.75) is 58.2 Å². The lowest BCUT2D eigenvalue weighted by atomic mass is 9.98. The average Bonchev–Trinajstić information content (AvgIpc) is 3.00. The fourth-order valence-electron chi connectivity index (χ4n) is 4.22. The van der Waals surface area contributed by atoms with Gasteiger partial charge in [0.2, 0.25) is 0 Å². The van der Waals surface area contributed by atoms with Crippen LogP contribution in [0.25, 0.3) is 11.5 Å². The van der Waals surface area contributed by atoms with E-state index in [-0.39, 0.29) is 11.2 Å². The quantitative estimate of drug-likeness (QED) is 0.840. The second kappa shape index (κ2) is 5.77. The summed E-state index contributed by atoms with van der Waals surface area (Å²) in [5, 5.41) is 0. The minimum absolute atomic E-state index is 0.205. The van der Waals surface area contributed by atoms with E-state index < -0.39 is 0 Å². The third-order valence-corrected chi connectivity index (χ3v) is 4.80. The molecule has 0 spiro atoms. The van der Waals surface area contributed by atoms with E-state index in [0.29, 0.717) is 0 Å². The molecule has 2 aliphatic rings. The molecule has 1 saturated heterocycles. The molecule has 5 nitrogen and oxygen atoms in total. The Morgan fingerprint density at radius 1 is 1.00 bits per heavy atom. The molecule has 4 rings (SSSR count). The first-order chi connectivity index (χ1) is 11.8. The second-order valence-corrected chi connectivity index (χ2v) is 8.34. The van der Waals surface area contributed by atoms with Crippen molar-refractivity contribution in [3.8, 4) is 11.5 Å². The number of hydrogen-bond acceptors (Lipinski definition) is 5. The summed E-state index contributed by atoms with van der Waals surface area (Å²) in [4.78, 5) is 16.6. The van der Waals surface area contributed by atoms with Crippen LogP contribution in [0.5, 0.6) is 0 Å². The lowest BCUT2D eigenvalue weighted by Gasteiger charge is -2.48. The third-order valence-electron chi connectivity index (χ3n) is 4.80. The second-order valence-electron chi connectivity index (χ2n) is 8.34. The van der Waals surface area contributed by atoms with E-state index >= 15 is 0 Å². The minimum Gasteiger partial charge on any atom is -0.366 e. The molecule has 2 aromatic heterocycles. The van der Waals surface area contributed by atoms with E-state index in [1.807, 2.05) is 18.2 Å². The van der Waals surface area contributed by atoms with Crippen LogP contribution in [0.15, 0.2) is 24.4 Å². The van der Waals surface area contributed by atoms with E-state index in [4.69, 9.17) is 14.7 Å². The highest BCUT2D eigenvalue weighted by molar-refractivity contribution is 5.59. The maximum Gasteiger partial charge on any atom is 0.180 e. The summed E-state index contributed by atoms with van der Waals surface area (Å²) < 4.78 is 6.25. The average molecular weight is 338 g/mol. The molecule has 132 valence electrons. The summed E-state index contributed by atoms with van der Waals surface area (Å²) in [6.07, 6.45) is 5.04. The standard InChI is InChI=1S/C20H26N4O/c1-19(2)12-24(13-20(3,4)25-19)18-14-8-7-10-15(14)22-17(23-18)16-9-5-6-11-21-16/h5-6,9,11H,7-8,10,12-13H2,1-4H3. The number of aryl methyl sites for hydroxylation is 1. The largest absolute Gasteiger partial charge is 0.366 e. The molecule has 0 aromatic carbocycles. The van der Waals surface area contributed by atoms with Crippen LogP contribution >= 0.6 is 0 Å². The number of nitrogens with zero attached hydrogens (tertiary/aromatic N) is 4. The Hall–Kier alpha value is -2.01. The van der Waals surface area contributed by atoms with Gasteiger partial charge in [0.25, 0.3) is 0 Å². The Balaban J connectivity index is 1.80. The molecule has 0 N–H and O–H groups in total. The predicted octanol–water partition coefficient (Wildman–Crippen LogP) is 3.42. The van der Waals surface area contributed by atoms with Gasteiger partial charge in [-0.25, -0.2) is 9.97 Å². The SMILES string of the molecule is CC1(C)CN(c2nc(-c3ccccn3)nc3c2CCC3)CC(C)(C)O1. The van der Waals surface area contributed by atoms with E-state index in [0.717, 1.165) is 49.7 Å². The zero-order chi connectivity index (χ0) is 17.7. The van der Waals surface area contributed by atoms with E-state index in [9.17, 15) is 0 Å². The lowest BCUT2D eigenvalue weighted by molar-refractivity contribution is -0.133. The van der Waals surface area contributed by atoms with Gasteiger partial charge < -0.3 is 9.64 Å². The summed E-state index contributed by atoms with van der Waals surface area (Å²) in [7, 11) is 0. The number of rotatable bonds is 2. The molecule has 3 heterocycles. The van der Waals surface area contributed by atoms with Crippen LogP contribution in [-0.4, -0.2) is 39.2 Å². The van der Waals surface area contributed by atoms with Crippen LogP contribution in [0, 0.1) is 0 Å². The normalized spacial score (nSPS) is 21.2. The van der Waals surface area contributed by atoms with Gasteiger partial charge in [-0.2, -0.15) is 0 Å². The van der Waals surface area contributed by atoms with Crippen molar-refractivity contribution < 1.29 is 4.74 Å². The van der Waals surface area contributed by atoms with Crippen LogP contribution in [0.4, 0.5) is 5.82 Å². The van der Waals surface area contributed by atoms with Crippen molar-refractivity contribution in [2.24, 2.45) is 0 Å². The fourth-order valence-corrected chi connectivity index (χ4v) is 4.22. The van der Waals surface area contributed by atoms with Crippen molar-refractivity contribution in [2.75, 3.05) is 18.0 Å². The topological polar surface area (TPSA) is 51.1 Å². The van der Waals surface area contributed by atoms with Crippen LogP contribution in [0.1, 0.15) is 45.4 Å². The molecule has 1 aliphatic carbocycles. The lowest BCUT2D eigenvalue weighted by Crippen LogP contribution is -2.57. The van der Waals surface area contributed by atoms with Gasteiger partial charge in [-0.05, 0) is 59.1 Å². The van der Waals surface area contributed by atoms with Crippen LogP contribution in [-0.2, 0) is 17.6 Å². The van der Waals surface area contributed by atoms with E-state index in [1.54, 1.807) is 6.20 Å². The Kier molecular flexibility index (Phi) is 3.80. The first kappa shape index (κ1) is 16.5. The molecule has 2 aromatic rings. The van der Waals surface area contributed by atoms with E-state index in [1.165, 1.54) is 11.3 Å². The molecule has 0 radical (unpaired) electrons. The smallest absolute Gasteiger partial charge is 0.180 e. The van der Waals surface area contributed by atoms with Crippen molar-refractivity contribution in [1.29, 1.82) is 0 Å². The van der Waals surface area contributed by atoms with Gasteiger partial charge in [0.1, 0.15) is 11.5 Å². The summed E-state index contributed by atoms with van der Waals surface area (Å²) >= 11 is 0. The van der Waals surface area contributed by atoms with Gasteiger partial charge in [0.05, 0.1) is 11.2 Å². The molecule has 0 amide bonds. The number of morpholine rings is 1. The molecule has 0 atom stereocenters. The van der Waals surface area contributed by atoms with Crippen LogP contribution in [0.2, 0.25) is 0 Å². The molecule has 0 bridgehead atoms. The maximum absolute atomic E-state index is 6.25. The highest BCUT2D eigenvalue weighted by Crippen LogP contribution is 2.36. The molecular weight excluding hydrogens is 312 g/mol. The van der Waals surface area contributed by atoms with Crippen LogP contribution in [0.3, 0.4) is 0 Å². The molecule has 0 unspecified atom stereocenters. The number of fused-ring (bicyclic) bond motifs is 1. The first-order valence-corrected chi connectivity index (χ1v) is 9.09. The number of hydrogen-bond donors (Lipinski definition) is 0. The monoisotopic (exact) mass is 338 g/mol. The van der Waals surface area contributed by atoms with Crippen molar-refractivity contribution >= 4 is 5.82 Å². The summed E-state index contributed by atoms with van der Waals surface area (Å²) in [5.74, 6) is 1.81. The van der Waals surface area contributed by atoms with Crippen molar-refractivity contribution in [1.82, 2.24) is 15.0 Å². The summed E-state index contributed by atoms with van der Waals surface area (Å²) in [6, 6.07) is 5.89. The Morgan fingerprint density at radius 2 is 1.76 bits per heavy atom. The predicted molar refractivity (Wildman–Crippen MR) is 98.7 cm³/mol. The molecule has 1 aliphatic heterocycles. The number of pyridine rings is 1. The summed E-state index contributed by atoms with van der Waals surface area (Å²) in [5.41, 5.74) is 2.93. The van der Waals surface area contributed by atoms with Gasteiger partial charge in [-0.1, -0.05) is 6.07 Å². The molecule has 5 heteroatoms. The number of aromatic nitrogens is 3. The first-order valence-electron chi connectivity index (χ1n) is 9.09. The van der Waals surface area contributed by atoms with E-state index in [2.05, 4.69) is 37.6 Å². The zero-order valence-electron chi connectivity index (χ0n) is 15.5. The minimum atomic E-state index is -0.205. The van der Waals surface area contributed by atoms with Crippen molar-refractivity contribution in [3.05, 3.63) is 35.7 Å². The van der Waals surface area contributed by atoms with Gasteiger partial charge >= 0.3 is 0 Å².